The smallest absolute Gasteiger partial charge is 0.336 e. The van der Waals surface area contributed by atoms with E-state index in [0.717, 1.165) is 52.8 Å². The van der Waals surface area contributed by atoms with Gasteiger partial charge < -0.3 is 35.4 Å². The summed E-state index contributed by atoms with van der Waals surface area (Å²) >= 11 is 0. The molecule has 0 bridgehead atoms. The Morgan fingerprint density at radius 1 is 0.514 bits per heavy atom. The molecule has 13 heteroatoms. The molecule has 13 nitrogen and oxygen atoms in total. The lowest BCUT2D eigenvalue weighted by Crippen LogP contribution is -2.27. The van der Waals surface area contributed by atoms with Crippen molar-refractivity contribution in [2.75, 3.05) is 0 Å². The van der Waals surface area contributed by atoms with E-state index in [1.165, 1.54) is 0 Å². The maximum atomic E-state index is 12.6. The number of hydrogen-bond donors (Lipinski definition) is 6. The van der Waals surface area contributed by atoms with Gasteiger partial charge >= 0.3 is 35.8 Å². The Balaban J connectivity index is 8.43. The largest absolute Gasteiger partial charge is 0.478 e. The third-order valence-electron chi connectivity index (χ3n) is 4.66. The van der Waals surface area contributed by atoms with Crippen LogP contribution in [0.3, 0.4) is 0 Å². The van der Waals surface area contributed by atoms with Gasteiger partial charge in [-0.05, 0) is 40.7 Å². The average Bonchev–Trinajstić information content (AvgIpc) is 2.75. The van der Waals surface area contributed by atoms with E-state index in [1.807, 2.05) is 0 Å². The van der Waals surface area contributed by atoms with Crippen molar-refractivity contribution in [1.82, 2.24) is 0 Å². The second-order valence-corrected chi connectivity index (χ2v) is 7.73. The van der Waals surface area contributed by atoms with Crippen LogP contribution in [-0.4, -0.2) is 66.5 Å². The summed E-state index contributed by atoms with van der Waals surface area (Å²) in [5.74, 6) is -10.5. The first-order chi connectivity index (χ1) is 16.9. The van der Waals surface area contributed by atoms with Crippen molar-refractivity contribution in [1.29, 1.82) is 0 Å². The van der Waals surface area contributed by atoms with Crippen LogP contribution in [0.4, 0.5) is 0 Å². The van der Waals surface area contributed by atoms with E-state index in [0.29, 0.717) is 12.3 Å². The Labute approximate surface area is 210 Å². The lowest BCUT2D eigenvalue weighted by atomic mass is 9.74. The van der Waals surface area contributed by atoms with Crippen molar-refractivity contribution in [3.05, 3.63) is 69.8 Å². The Kier molecular flexibility index (Phi) is 11.5. The van der Waals surface area contributed by atoms with Crippen LogP contribution in [0.25, 0.3) is 0 Å². The molecule has 0 aliphatic heterocycles. The van der Waals surface area contributed by atoms with Crippen LogP contribution in [0.1, 0.15) is 34.6 Å². The fourth-order valence-corrected chi connectivity index (χ4v) is 2.73. The molecule has 0 aliphatic carbocycles. The zero-order valence-corrected chi connectivity index (χ0v) is 20.4. The van der Waals surface area contributed by atoms with Crippen LogP contribution < -0.4 is 0 Å². The van der Waals surface area contributed by atoms with Gasteiger partial charge in [-0.3, -0.25) is 0 Å². The summed E-state index contributed by atoms with van der Waals surface area (Å²) in [5, 5.41) is 56.9. The molecule has 0 fully saturated rings. The van der Waals surface area contributed by atoms with E-state index in [-0.39, 0.29) is 0 Å². The fourth-order valence-electron chi connectivity index (χ4n) is 2.73. The lowest BCUT2D eigenvalue weighted by Gasteiger charge is -2.28. The van der Waals surface area contributed by atoms with Gasteiger partial charge in [-0.2, -0.15) is 0 Å². The maximum absolute atomic E-state index is 12.6. The van der Waals surface area contributed by atoms with E-state index in [1.54, 1.807) is 0 Å². The zero-order valence-electron chi connectivity index (χ0n) is 20.4. The molecule has 0 aliphatic rings. The highest BCUT2D eigenvalue weighted by atomic mass is 16.5. The van der Waals surface area contributed by atoms with Crippen molar-refractivity contribution < 1.29 is 64.1 Å². The predicted molar refractivity (Wildman–Crippen MR) is 125 cm³/mol. The summed E-state index contributed by atoms with van der Waals surface area (Å²) in [5.41, 5.74) is -6.07. The number of carboxylic acids is 6. The average molecular weight is 522 g/mol. The van der Waals surface area contributed by atoms with Gasteiger partial charge in [0.2, 0.25) is 0 Å². The summed E-state index contributed by atoms with van der Waals surface area (Å²) in [7, 11) is 0. The first-order valence-electron chi connectivity index (χ1n) is 10.1. The van der Waals surface area contributed by atoms with Crippen LogP contribution in [0.15, 0.2) is 69.8 Å². The van der Waals surface area contributed by atoms with E-state index in [2.05, 4.69) is 0 Å². The van der Waals surface area contributed by atoms with Crippen molar-refractivity contribution >= 4 is 35.8 Å². The monoisotopic (exact) mass is 522 g/mol. The first-order valence-corrected chi connectivity index (χ1v) is 10.1. The zero-order chi connectivity index (χ0) is 29.2. The number of allylic oxidation sites excluding steroid dienone is 4. The SMILES string of the molecule is CC(=COC(C=C(C)C(=O)O)=C(C(=O)O)C(C=C(C)C(=O)O)(C=C(C)C(=O)O)C=C(C)C(=O)O)C(=O)O. The van der Waals surface area contributed by atoms with Crippen molar-refractivity contribution in [3.8, 4) is 0 Å². The molecule has 0 aromatic rings. The molecule has 0 unspecified atom stereocenters. The van der Waals surface area contributed by atoms with Crippen molar-refractivity contribution in [2.24, 2.45) is 5.41 Å². The first kappa shape index (κ1) is 32.1. The standard InChI is InChI=1S/C24H26O13/c1-11(18(25)26)6-16(37-10-15(5)22(33)34)17(23(35)36)24(7-12(2)19(27)28,8-13(3)20(29)30)9-14(4)21(31)32/h6-10H,1-5H3,(H,25,26)(H,27,28)(H,29,30)(H,31,32)(H,33,34)(H,35,36). The molecule has 0 aromatic carbocycles. The van der Waals surface area contributed by atoms with E-state index in [9.17, 15) is 54.3 Å². The summed E-state index contributed by atoms with van der Waals surface area (Å²) in [6, 6.07) is 0. The van der Waals surface area contributed by atoms with E-state index >= 15 is 0 Å². The highest BCUT2D eigenvalue weighted by Gasteiger charge is 2.38. The fraction of sp³-hybridized carbons (Fsp3) is 0.250. The molecule has 6 N–H and O–H groups in total. The third kappa shape index (κ3) is 9.32. The molecular weight excluding hydrogens is 496 g/mol. The number of aliphatic carboxylic acids is 6. The Bertz CT molecular complexity index is 1130. The molecule has 0 radical (unpaired) electrons. The predicted octanol–water partition coefficient (Wildman–Crippen LogP) is 2.44. The molecular formula is C24H26O13. The number of carboxylic acid groups (broad SMARTS) is 6. The van der Waals surface area contributed by atoms with Crippen LogP contribution >= 0.6 is 0 Å². The highest BCUT2D eigenvalue weighted by molar-refractivity contribution is 5.96. The molecule has 200 valence electrons. The topological polar surface area (TPSA) is 233 Å². The van der Waals surface area contributed by atoms with Gasteiger partial charge in [0.1, 0.15) is 12.0 Å². The van der Waals surface area contributed by atoms with Gasteiger partial charge in [0.05, 0.1) is 16.6 Å². The van der Waals surface area contributed by atoms with Crippen molar-refractivity contribution in [3.63, 3.8) is 0 Å². The van der Waals surface area contributed by atoms with Crippen LogP contribution in [0.2, 0.25) is 0 Å². The van der Waals surface area contributed by atoms with Gasteiger partial charge in [-0.1, -0.05) is 18.2 Å². The number of hydrogen-bond acceptors (Lipinski definition) is 7. The Hall–Kier alpha value is -4.94. The third-order valence-corrected chi connectivity index (χ3v) is 4.66. The molecule has 0 rings (SSSR count). The molecule has 0 spiro atoms. The second kappa shape index (κ2) is 13.2. The molecule has 0 heterocycles. The van der Waals surface area contributed by atoms with Gasteiger partial charge in [-0.25, -0.2) is 28.8 Å². The highest BCUT2D eigenvalue weighted by Crippen LogP contribution is 2.40. The van der Waals surface area contributed by atoms with Gasteiger partial charge in [0, 0.05) is 22.3 Å². The van der Waals surface area contributed by atoms with Crippen LogP contribution in [0, 0.1) is 5.41 Å². The second-order valence-electron chi connectivity index (χ2n) is 7.73. The van der Waals surface area contributed by atoms with Gasteiger partial charge in [0.25, 0.3) is 0 Å². The van der Waals surface area contributed by atoms with Gasteiger partial charge in [0.15, 0.2) is 0 Å². The van der Waals surface area contributed by atoms with Crippen LogP contribution in [0.5, 0.6) is 0 Å². The van der Waals surface area contributed by atoms with Crippen molar-refractivity contribution in [2.45, 2.75) is 34.6 Å². The molecule has 0 saturated carbocycles. The van der Waals surface area contributed by atoms with E-state index < -0.39 is 80.4 Å². The molecule has 0 amide bonds. The molecule has 37 heavy (non-hydrogen) atoms. The number of carbonyl (C=O) groups is 6. The maximum Gasteiger partial charge on any atom is 0.336 e. The number of ether oxygens (including phenoxy) is 1. The normalized spacial score (nSPS) is 15.8. The minimum absolute atomic E-state index is 0.457. The Morgan fingerprint density at radius 3 is 1.11 bits per heavy atom. The summed E-state index contributed by atoms with van der Waals surface area (Å²) in [6.45, 7) is 5.18. The lowest BCUT2D eigenvalue weighted by molar-refractivity contribution is -0.135. The van der Waals surface area contributed by atoms with E-state index in [4.69, 9.17) is 9.84 Å². The summed E-state index contributed by atoms with van der Waals surface area (Å²) in [6.07, 6.45) is 3.51. The van der Waals surface area contributed by atoms with Gasteiger partial charge in [-0.15, -0.1) is 0 Å². The Morgan fingerprint density at radius 2 is 0.838 bits per heavy atom. The number of rotatable bonds is 13. The minimum atomic E-state index is -2.46. The molecule has 0 aromatic heterocycles. The quantitative estimate of drug-likeness (QED) is 0.116. The molecule has 0 saturated heterocycles. The van der Waals surface area contributed by atoms with Crippen LogP contribution in [-0.2, 0) is 33.5 Å². The summed E-state index contributed by atoms with van der Waals surface area (Å²) in [4.78, 5) is 70.1. The minimum Gasteiger partial charge on any atom is -0.478 e. The molecule has 0 atom stereocenters. The summed E-state index contributed by atoms with van der Waals surface area (Å²) < 4.78 is 5.23.